The number of fused-ring (bicyclic) bond motifs is 2. The highest BCUT2D eigenvalue weighted by Crippen LogP contribution is 2.47. The van der Waals surface area contributed by atoms with Crippen LogP contribution in [0.3, 0.4) is 0 Å². The molecule has 3 atom stereocenters. The van der Waals surface area contributed by atoms with E-state index in [0.29, 0.717) is 49.4 Å². The van der Waals surface area contributed by atoms with Crippen molar-refractivity contribution in [1.82, 2.24) is 5.32 Å². The lowest BCUT2D eigenvalue weighted by atomic mass is 9.83. The average molecular weight is 693 g/mol. The Kier molecular flexibility index (Phi) is 11.0. The highest BCUT2D eigenvalue weighted by molar-refractivity contribution is 9.10. The van der Waals surface area contributed by atoms with Gasteiger partial charge in [0.05, 0.1) is 30.6 Å². The van der Waals surface area contributed by atoms with Gasteiger partial charge in [-0.1, -0.05) is 47.1 Å². The summed E-state index contributed by atoms with van der Waals surface area (Å²) >= 11 is 3.49. The molecule has 10 heteroatoms. The molecular weight excluding hydrogens is 650 g/mol. The Morgan fingerprint density at radius 2 is 1.80 bits per heavy atom. The van der Waals surface area contributed by atoms with E-state index in [0.717, 1.165) is 33.5 Å². The number of aliphatic hydroxyl groups is 3. The van der Waals surface area contributed by atoms with E-state index in [1.165, 1.54) is 0 Å². The van der Waals surface area contributed by atoms with Crippen molar-refractivity contribution in [2.45, 2.75) is 57.7 Å². The molecule has 1 unspecified atom stereocenters. The number of aliphatic hydroxyl groups excluding tert-OH is 2. The number of nitrogens with zero attached hydrogens (tertiary/aromatic N) is 2. The third-order valence-electron chi connectivity index (χ3n) is 8.67. The molecule has 0 saturated heterocycles. The highest BCUT2D eigenvalue weighted by atomic mass is 79.9. The second kappa shape index (κ2) is 14.9. The first-order valence-electron chi connectivity index (χ1n) is 15.9. The molecule has 9 nitrogen and oxygen atoms in total. The first kappa shape index (κ1) is 33.8. The molecule has 0 aromatic heterocycles. The van der Waals surface area contributed by atoms with Gasteiger partial charge in [-0.15, -0.1) is 0 Å². The second-order valence-corrected chi connectivity index (χ2v) is 12.7. The predicted octanol–water partition coefficient (Wildman–Crippen LogP) is 5.11. The summed E-state index contributed by atoms with van der Waals surface area (Å²) in [5.41, 5.74) is 2.77. The first-order chi connectivity index (χ1) is 22.2. The predicted molar refractivity (Wildman–Crippen MR) is 182 cm³/mol. The minimum Gasteiger partial charge on any atom is -0.494 e. The van der Waals surface area contributed by atoms with E-state index < -0.39 is 23.5 Å². The third-order valence-corrected chi connectivity index (χ3v) is 9.16. The molecule has 0 radical (unpaired) electrons. The highest BCUT2D eigenvalue weighted by Gasteiger charge is 2.52. The number of benzene rings is 3. The molecule has 3 aromatic carbocycles. The molecule has 2 aliphatic rings. The molecule has 4 N–H and O–H groups in total. The molecule has 5 rings (SSSR count). The van der Waals surface area contributed by atoms with Crippen LogP contribution in [0.4, 0.5) is 17.1 Å². The SMILES string of the molecule is CCOc1ccc2c(c1)CC(NCCCCO)C(=O)N2c1ccc(CN2C(=O)[C@](O)([C@H](C)/C=C/CCO)c3cc(Br)ccc32)cc1. The molecule has 3 aromatic rings. The number of carbonyl (C=O) groups excluding carboxylic acids is 2. The Morgan fingerprint density at radius 3 is 2.52 bits per heavy atom. The Labute approximate surface area is 278 Å². The minimum absolute atomic E-state index is 0.00936. The van der Waals surface area contributed by atoms with Crippen LogP contribution in [0.25, 0.3) is 0 Å². The lowest BCUT2D eigenvalue weighted by Crippen LogP contribution is -2.49. The van der Waals surface area contributed by atoms with Crippen molar-refractivity contribution in [1.29, 1.82) is 0 Å². The van der Waals surface area contributed by atoms with Gasteiger partial charge in [-0.3, -0.25) is 14.5 Å². The van der Waals surface area contributed by atoms with Crippen molar-refractivity contribution in [3.05, 3.63) is 94.0 Å². The van der Waals surface area contributed by atoms with Crippen LogP contribution in [0.2, 0.25) is 0 Å². The molecule has 0 saturated carbocycles. The number of ether oxygens (including phenoxy) is 1. The molecule has 2 amide bonds. The number of unbranched alkanes of at least 4 members (excludes halogenated alkanes) is 1. The topological polar surface area (TPSA) is 123 Å². The van der Waals surface area contributed by atoms with Crippen molar-refractivity contribution in [3.8, 4) is 5.75 Å². The molecule has 2 aliphatic heterocycles. The van der Waals surface area contributed by atoms with E-state index in [4.69, 9.17) is 9.84 Å². The summed E-state index contributed by atoms with van der Waals surface area (Å²) in [5, 5.41) is 33.6. The van der Waals surface area contributed by atoms with Gasteiger partial charge >= 0.3 is 0 Å². The Balaban J connectivity index is 1.42. The zero-order valence-electron chi connectivity index (χ0n) is 26.3. The van der Waals surface area contributed by atoms with Gasteiger partial charge in [0.25, 0.3) is 5.91 Å². The Morgan fingerprint density at radius 1 is 1.04 bits per heavy atom. The van der Waals surface area contributed by atoms with Gasteiger partial charge in [-0.05, 0) is 98.8 Å². The standard InChI is InChI=1S/C36H42BrN3O6/c1-3-46-29-14-16-32-26(20-29)21-31(38-17-5-7-19-42)34(43)40(32)28-12-9-25(10-13-28)23-39-33-15-11-27(37)22-30(33)36(45,35(39)44)24(2)8-4-6-18-41/h4,8-16,20,22,24,31,38,41-42,45H,3,5-7,17-19,21,23H2,1-2H3/b8-4+/t24-,31?,36+/m1/s1. The molecule has 0 aliphatic carbocycles. The molecular formula is C36H42BrN3O6. The lowest BCUT2D eigenvalue weighted by Gasteiger charge is -2.35. The number of amides is 2. The molecule has 0 spiro atoms. The van der Waals surface area contributed by atoms with Crippen molar-refractivity contribution in [2.75, 3.05) is 36.2 Å². The van der Waals surface area contributed by atoms with E-state index >= 15 is 0 Å². The largest absolute Gasteiger partial charge is 0.494 e. The smallest absolute Gasteiger partial charge is 0.264 e. The maximum absolute atomic E-state index is 13.9. The normalized spacial score (nSPS) is 19.9. The molecule has 2 heterocycles. The summed E-state index contributed by atoms with van der Waals surface area (Å²) in [7, 11) is 0. The van der Waals surface area contributed by atoms with E-state index in [-0.39, 0.29) is 25.7 Å². The van der Waals surface area contributed by atoms with Crippen LogP contribution >= 0.6 is 15.9 Å². The molecule has 46 heavy (non-hydrogen) atoms. The van der Waals surface area contributed by atoms with Crippen LogP contribution in [0, 0.1) is 5.92 Å². The van der Waals surface area contributed by atoms with Crippen LogP contribution in [0.15, 0.2) is 77.3 Å². The van der Waals surface area contributed by atoms with Gasteiger partial charge in [0.1, 0.15) is 5.75 Å². The van der Waals surface area contributed by atoms with Gasteiger partial charge in [-0.2, -0.15) is 0 Å². The van der Waals surface area contributed by atoms with Crippen LogP contribution in [0.1, 0.15) is 49.8 Å². The van der Waals surface area contributed by atoms with Crippen LogP contribution in [-0.2, 0) is 28.2 Å². The van der Waals surface area contributed by atoms with E-state index in [9.17, 15) is 19.8 Å². The third kappa shape index (κ3) is 6.77. The van der Waals surface area contributed by atoms with Crippen molar-refractivity contribution in [3.63, 3.8) is 0 Å². The summed E-state index contributed by atoms with van der Waals surface area (Å²) in [6.07, 6.45) is 5.96. The maximum Gasteiger partial charge on any atom is 0.264 e. The zero-order valence-corrected chi connectivity index (χ0v) is 27.9. The summed E-state index contributed by atoms with van der Waals surface area (Å²) in [6, 6.07) is 18.4. The van der Waals surface area contributed by atoms with E-state index in [2.05, 4.69) is 21.2 Å². The minimum atomic E-state index is -1.76. The summed E-state index contributed by atoms with van der Waals surface area (Å²) in [5.74, 6) is -0.238. The first-order valence-corrected chi connectivity index (χ1v) is 16.7. The van der Waals surface area contributed by atoms with Gasteiger partial charge in [0, 0.05) is 34.9 Å². The average Bonchev–Trinajstić information content (AvgIpc) is 3.26. The van der Waals surface area contributed by atoms with Gasteiger partial charge in [0.2, 0.25) is 5.91 Å². The molecule has 0 fully saturated rings. The fourth-order valence-electron chi connectivity index (χ4n) is 6.24. The number of hydrogen-bond donors (Lipinski definition) is 4. The van der Waals surface area contributed by atoms with Crippen molar-refractivity contribution in [2.24, 2.45) is 5.92 Å². The zero-order chi connectivity index (χ0) is 32.8. The summed E-state index contributed by atoms with van der Waals surface area (Å²) in [6.45, 7) is 5.25. The number of anilines is 3. The Hall–Kier alpha value is -3.54. The van der Waals surface area contributed by atoms with Gasteiger partial charge in [-0.25, -0.2) is 0 Å². The fourth-order valence-corrected chi connectivity index (χ4v) is 6.61. The van der Waals surface area contributed by atoms with Gasteiger partial charge in [0.15, 0.2) is 5.60 Å². The van der Waals surface area contributed by atoms with Crippen LogP contribution in [-0.4, -0.2) is 59.5 Å². The van der Waals surface area contributed by atoms with E-state index in [1.54, 1.807) is 34.9 Å². The van der Waals surface area contributed by atoms with Crippen LogP contribution < -0.4 is 19.9 Å². The lowest BCUT2D eigenvalue weighted by molar-refractivity contribution is -0.139. The van der Waals surface area contributed by atoms with E-state index in [1.807, 2.05) is 61.5 Å². The number of rotatable bonds is 14. The fraction of sp³-hybridized carbons (Fsp3) is 0.389. The molecule has 244 valence electrons. The van der Waals surface area contributed by atoms with Crippen molar-refractivity contribution < 1.29 is 29.6 Å². The maximum atomic E-state index is 13.9. The Bertz CT molecular complexity index is 1580. The summed E-state index contributed by atoms with van der Waals surface area (Å²) < 4.78 is 6.50. The van der Waals surface area contributed by atoms with Crippen molar-refractivity contribution >= 4 is 44.8 Å². The molecule has 0 bridgehead atoms. The second-order valence-electron chi connectivity index (χ2n) is 11.8. The number of halogens is 1. The van der Waals surface area contributed by atoms with Gasteiger partial charge < -0.3 is 30.3 Å². The summed E-state index contributed by atoms with van der Waals surface area (Å²) in [4.78, 5) is 31.1. The quantitative estimate of drug-likeness (QED) is 0.137. The number of carbonyl (C=O) groups is 2. The monoisotopic (exact) mass is 691 g/mol. The van der Waals surface area contributed by atoms with Crippen LogP contribution in [0.5, 0.6) is 5.75 Å². The number of nitrogens with one attached hydrogen (secondary N) is 1. The number of hydrogen-bond acceptors (Lipinski definition) is 7.